The lowest BCUT2D eigenvalue weighted by Crippen LogP contribution is -2.51. The summed E-state index contributed by atoms with van der Waals surface area (Å²) in [4.78, 5) is 16.5. The molecule has 6 heteroatoms. The largest absolute Gasteiger partial charge is 0.496 e. The van der Waals surface area contributed by atoms with Gasteiger partial charge in [0.15, 0.2) is 0 Å². The van der Waals surface area contributed by atoms with Crippen LogP contribution >= 0.6 is 0 Å². The van der Waals surface area contributed by atoms with Crippen molar-refractivity contribution in [2.45, 2.75) is 19.9 Å². The molecule has 0 atom stereocenters. The normalized spacial score (nSPS) is 15.1. The molecule has 0 radical (unpaired) electrons. The fraction of sp³-hybridized carbons (Fsp3) is 0.450. The van der Waals surface area contributed by atoms with Gasteiger partial charge in [-0.1, -0.05) is 17.7 Å². The molecule has 2 heterocycles. The Bertz CT molecular complexity index is 707. The monoisotopic (exact) mass is 357 g/mol. The summed E-state index contributed by atoms with van der Waals surface area (Å²) in [6, 6.07) is 10.0. The lowest BCUT2D eigenvalue weighted by atomic mass is 10.1. The lowest BCUT2D eigenvalue weighted by Gasteiger charge is -2.35. The van der Waals surface area contributed by atoms with Crippen LogP contribution in [0.15, 0.2) is 41.0 Å². The van der Waals surface area contributed by atoms with E-state index in [0.717, 1.165) is 44.2 Å². The predicted octanol–water partition coefficient (Wildman–Crippen LogP) is 2.67. The van der Waals surface area contributed by atoms with E-state index in [9.17, 15) is 4.79 Å². The molecule has 1 saturated heterocycles. The van der Waals surface area contributed by atoms with Gasteiger partial charge in [0.05, 0.1) is 13.4 Å². The Labute approximate surface area is 154 Å². The molecule has 2 amide bonds. The molecule has 1 aromatic heterocycles. The molecule has 3 rings (SSSR count). The van der Waals surface area contributed by atoms with Crippen molar-refractivity contribution in [2.24, 2.45) is 0 Å². The van der Waals surface area contributed by atoms with E-state index in [2.05, 4.69) is 29.3 Å². The zero-order chi connectivity index (χ0) is 18.4. The second-order valence-electron chi connectivity index (χ2n) is 6.64. The number of nitrogens with zero attached hydrogens (tertiary/aromatic N) is 2. The second kappa shape index (κ2) is 8.76. The molecule has 0 aliphatic carbocycles. The zero-order valence-corrected chi connectivity index (χ0v) is 15.5. The fourth-order valence-corrected chi connectivity index (χ4v) is 3.24. The van der Waals surface area contributed by atoms with Gasteiger partial charge in [0, 0.05) is 51.3 Å². The molecular formula is C20H27N3O3. The van der Waals surface area contributed by atoms with Crippen molar-refractivity contribution < 1.29 is 13.9 Å². The predicted molar refractivity (Wildman–Crippen MR) is 100 cm³/mol. The van der Waals surface area contributed by atoms with Gasteiger partial charge in [0.25, 0.3) is 0 Å². The SMILES string of the molecule is COc1ccc(C)cc1CN1CCN(C(=O)NCCc2ccco2)CC1. The summed E-state index contributed by atoms with van der Waals surface area (Å²) in [5.74, 6) is 1.82. The minimum absolute atomic E-state index is 0.00402. The minimum Gasteiger partial charge on any atom is -0.496 e. The number of carbonyl (C=O) groups excluding carboxylic acids is 1. The highest BCUT2D eigenvalue weighted by Gasteiger charge is 2.21. The van der Waals surface area contributed by atoms with E-state index in [1.54, 1.807) is 13.4 Å². The number of ether oxygens (including phenoxy) is 1. The van der Waals surface area contributed by atoms with Crippen LogP contribution in [0.4, 0.5) is 4.79 Å². The summed E-state index contributed by atoms with van der Waals surface area (Å²) in [5.41, 5.74) is 2.43. The maximum absolute atomic E-state index is 12.3. The quantitative estimate of drug-likeness (QED) is 0.864. The van der Waals surface area contributed by atoms with Crippen LogP contribution in [0.2, 0.25) is 0 Å². The first-order valence-electron chi connectivity index (χ1n) is 9.07. The van der Waals surface area contributed by atoms with Crippen LogP contribution in [0.5, 0.6) is 5.75 Å². The van der Waals surface area contributed by atoms with Crippen molar-refractivity contribution >= 4 is 6.03 Å². The first kappa shape index (κ1) is 18.3. The molecular weight excluding hydrogens is 330 g/mol. The standard InChI is InChI=1S/C20H27N3O3/c1-16-5-6-19(25-2)17(14-16)15-22-9-11-23(12-10-22)20(24)21-8-7-18-4-3-13-26-18/h3-6,13-14H,7-12,15H2,1-2H3,(H,21,24). The van der Waals surface area contributed by atoms with Gasteiger partial charge in [-0.2, -0.15) is 0 Å². The Kier molecular flexibility index (Phi) is 6.17. The van der Waals surface area contributed by atoms with Gasteiger partial charge in [0.2, 0.25) is 0 Å². The van der Waals surface area contributed by atoms with Gasteiger partial charge in [-0.3, -0.25) is 4.90 Å². The average molecular weight is 357 g/mol. The van der Waals surface area contributed by atoms with Crippen LogP contribution in [0, 0.1) is 6.92 Å². The third-order valence-corrected chi connectivity index (χ3v) is 4.72. The molecule has 6 nitrogen and oxygen atoms in total. The van der Waals surface area contributed by atoms with Crippen molar-refractivity contribution in [1.82, 2.24) is 15.1 Å². The molecule has 0 bridgehead atoms. The van der Waals surface area contributed by atoms with Gasteiger partial charge >= 0.3 is 6.03 Å². The number of benzene rings is 1. The number of hydrogen-bond acceptors (Lipinski definition) is 4. The first-order valence-corrected chi connectivity index (χ1v) is 9.07. The molecule has 1 aliphatic rings. The van der Waals surface area contributed by atoms with Gasteiger partial charge in [0.1, 0.15) is 11.5 Å². The number of hydrogen-bond donors (Lipinski definition) is 1. The number of furan rings is 1. The lowest BCUT2D eigenvalue weighted by molar-refractivity contribution is 0.134. The Morgan fingerprint density at radius 2 is 2.04 bits per heavy atom. The third-order valence-electron chi connectivity index (χ3n) is 4.72. The van der Waals surface area contributed by atoms with Gasteiger partial charge < -0.3 is 19.4 Å². The molecule has 1 N–H and O–H groups in total. The number of nitrogens with one attached hydrogen (secondary N) is 1. The van der Waals surface area contributed by atoms with Crippen molar-refractivity contribution in [3.8, 4) is 5.75 Å². The van der Waals surface area contributed by atoms with E-state index >= 15 is 0 Å². The van der Waals surface area contributed by atoms with E-state index in [-0.39, 0.29) is 6.03 Å². The Morgan fingerprint density at radius 3 is 2.73 bits per heavy atom. The van der Waals surface area contributed by atoms with Gasteiger partial charge in [-0.25, -0.2) is 4.79 Å². The molecule has 26 heavy (non-hydrogen) atoms. The molecule has 0 saturated carbocycles. The van der Waals surface area contributed by atoms with Gasteiger partial charge in [-0.05, 0) is 25.1 Å². The topological polar surface area (TPSA) is 58.0 Å². The van der Waals surface area contributed by atoms with E-state index in [0.29, 0.717) is 13.0 Å². The van der Waals surface area contributed by atoms with Crippen molar-refractivity contribution in [2.75, 3.05) is 39.8 Å². The maximum Gasteiger partial charge on any atom is 0.317 e. The highest BCUT2D eigenvalue weighted by molar-refractivity contribution is 5.74. The smallest absolute Gasteiger partial charge is 0.317 e. The summed E-state index contributed by atoms with van der Waals surface area (Å²) >= 11 is 0. The van der Waals surface area contributed by atoms with Crippen LogP contribution in [0.25, 0.3) is 0 Å². The number of carbonyl (C=O) groups is 1. The van der Waals surface area contributed by atoms with E-state index < -0.39 is 0 Å². The second-order valence-corrected chi connectivity index (χ2v) is 6.64. The molecule has 1 aliphatic heterocycles. The van der Waals surface area contributed by atoms with E-state index in [4.69, 9.17) is 9.15 Å². The fourth-order valence-electron chi connectivity index (χ4n) is 3.24. The Morgan fingerprint density at radius 1 is 1.23 bits per heavy atom. The van der Waals surface area contributed by atoms with E-state index in [1.165, 1.54) is 11.1 Å². The minimum atomic E-state index is 0.00402. The summed E-state index contributed by atoms with van der Waals surface area (Å²) in [7, 11) is 1.71. The van der Waals surface area contributed by atoms with Crippen LogP contribution < -0.4 is 10.1 Å². The molecule has 140 valence electrons. The number of aryl methyl sites for hydroxylation is 1. The summed E-state index contributed by atoms with van der Waals surface area (Å²) in [6.07, 6.45) is 2.37. The number of methoxy groups -OCH3 is 1. The van der Waals surface area contributed by atoms with Crippen LogP contribution in [-0.2, 0) is 13.0 Å². The first-order chi connectivity index (χ1) is 12.7. The number of rotatable bonds is 6. The molecule has 2 aromatic rings. The van der Waals surface area contributed by atoms with Gasteiger partial charge in [-0.15, -0.1) is 0 Å². The zero-order valence-electron chi connectivity index (χ0n) is 15.5. The van der Waals surface area contributed by atoms with Crippen LogP contribution in [0.1, 0.15) is 16.9 Å². The third kappa shape index (κ3) is 4.79. The molecule has 1 fully saturated rings. The summed E-state index contributed by atoms with van der Waals surface area (Å²) in [6.45, 7) is 6.73. The van der Waals surface area contributed by atoms with Crippen molar-refractivity contribution in [3.63, 3.8) is 0 Å². The average Bonchev–Trinajstić information content (AvgIpc) is 3.16. The Hall–Kier alpha value is -2.47. The Balaban J connectivity index is 1.43. The van der Waals surface area contributed by atoms with Crippen LogP contribution in [0.3, 0.4) is 0 Å². The summed E-state index contributed by atoms with van der Waals surface area (Å²) < 4.78 is 10.7. The number of piperazine rings is 1. The highest BCUT2D eigenvalue weighted by atomic mass is 16.5. The number of amides is 2. The van der Waals surface area contributed by atoms with Crippen LogP contribution in [-0.4, -0.2) is 55.7 Å². The van der Waals surface area contributed by atoms with Crippen molar-refractivity contribution in [1.29, 1.82) is 0 Å². The summed E-state index contributed by atoms with van der Waals surface area (Å²) in [5, 5.41) is 2.97. The number of urea groups is 1. The molecule has 1 aromatic carbocycles. The molecule has 0 unspecified atom stereocenters. The molecule has 0 spiro atoms. The van der Waals surface area contributed by atoms with E-state index in [1.807, 2.05) is 23.1 Å². The highest BCUT2D eigenvalue weighted by Crippen LogP contribution is 2.22. The van der Waals surface area contributed by atoms with Crippen molar-refractivity contribution in [3.05, 3.63) is 53.5 Å². The maximum atomic E-state index is 12.3.